The van der Waals surface area contributed by atoms with Gasteiger partial charge in [-0.15, -0.1) is 0 Å². The molecule has 0 bridgehead atoms. The van der Waals surface area contributed by atoms with Crippen LogP contribution in [0.25, 0.3) is 0 Å². The minimum atomic E-state index is -0.284. The highest BCUT2D eigenvalue weighted by Gasteiger charge is 2.18. The van der Waals surface area contributed by atoms with Crippen LogP contribution in [0.1, 0.15) is 29.6 Å². The second kappa shape index (κ2) is 9.07. The van der Waals surface area contributed by atoms with Crippen LogP contribution < -0.4 is 14.8 Å². The first-order valence-electron chi connectivity index (χ1n) is 9.12. The third-order valence-corrected chi connectivity index (χ3v) is 4.47. The lowest BCUT2D eigenvalue weighted by molar-refractivity contribution is -0.118. The van der Waals surface area contributed by atoms with Gasteiger partial charge in [0.1, 0.15) is 11.5 Å². The Kier molecular flexibility index (Phi) is 6.30. The molecule has 6 heteroatoms. The lowest BCUT2D eigenvalue weighted by atomic mass is 10.1. The average molecular weight is 368 g/mol. The summed E-state index contributed by atoms with van der Waals surface area (Å²) in [4.78, 5) is 26.6. The molecular weight excluding hydrogens is 344 g/mol. The van der Waals surface area contributed by atoms with Gasteiger partial charge in [-0.2, -0.15) is 0 Å². The lowest BCUT2D eigenvalue weighted by Gasteiger charge is -2.26. The first-order chi connectivity index (χ1) is 13.2. The number of rotatable bonds is 6. The van der Waals surface area contributed by atoms with E-state index in [0.29, 0.717) is 17.0 Å². The number of benzene rings is 2. The minimum absolute atomic E-state index is 0.0141. The Morgan fingerprint density at radius 2 is 1.70 bits per heavy atom. The molecule has 2 aromatic carbocycles. The number of piperidine rings is 1. The van der Waals surface area contributed by atoms with Crippen molar-refractivity contribution in [2.24, 2.45) is 0 Å². The summed E-state index contributed by atoms with van der Waals surface area (Å²) >= 11 is 0. The molecule has 27 heavy (non-hydrogen) atoms. The van der Waals surface area contributed by atoms with E-state index in [9.17, 15) is 9.59 Å². The van der Waals surface area contributed by atoms with E-state index in [2.05, 4.69) is 5.32 Å². The normalized spacial score (nSPS) is 13.7. The number of hydrogen-bond acceptors (Lipinski definition) is 4. The number of methoxy groups -OCH3 is 1. The number of ether oxygens (including phenoxy) is 2. The van der Waals surface area contributed by atoms with Gasteiger partial charge in [-0.05, 0) is 61.7 Å². The molecule has 1 saturated heterocycles. The molecule has 2 amide bonds. The van der Waals surface area contributed by atoms with Gasteiger partial charge in [-0.1, -0.05) is 6.07 Å². The number of hydrogen-bond donors (Lipinski definition) is 1. The molecule has 0 radical (unpaired) electrons. The van der Waals surface area contributed by atoms with Crippen molar-refractivity contribution < 1.29 is 19.1 Å². The number of anilines is 1. The second-order valence-electron chi connectivity index (χ2n) is 6.45. The molecule has 1 heterocycles. The summed E-state index contributed by atoms with van der Waals surface area (Å²) < 4.78 is 10.6. The van der Waals surface area contributed by atoms with Gasteiger partial charge < -0.3 is 19.7 Å². The van der Waals surface area contributed by atoms with Crippen molar-refractivity contribution in [2.75, 3.05) is 32.1 Å². The van der Waals surface area contributed by atoms with Crippen LogP contribution in [-0.4, -0.2) is 43.5 Å². The van der Waals surface area contributed by atoms with Crippen molar-refractivity contribution in [1.82, 2.24) is 4.90 Å². The largest absolute Gasteiger partial charge is 0.497 e. The van der Waals surface area contributed by atoms with Crippen LogP contribution in [0.5, 0.6) is 11.5 Å². The van der Waals surface area contributed by atoms with E-state index in [1.807, 2.05) is 4.90 Å². The average Bonchev–Trinajstić information content (AvgIpc) is 2.73. The number of amides is 2. The number of carbonyl (C=O) groups is 2. The van der Waals surface area contributed by atoms with Gasteiger partial charge in [-0.25, -0.2) is 0 Å². The third kappa shape index (κ3) is 5.23. The van der Waals surface area contributed by atoms with Crippen LogP contribution in [0.15, 0.2) is 48.5 Å². The highest BCUT2D eigenvalue weighted by Crippen LogP contribution is 2.18. The molecule has 142 valence electrons. The zero-order chi connectivity index (χ0) is 19.1. The molecule has 0 spiro atoms. The minimum Gasteiger partial charge on any atom is -0.497 e. The summed E-state index contributed by atoms with van der Waals surface area (Å²) in [5, 5.41) is 2.77. The molecule has 0 atom stereocenters. The van der Waals surface area contributed by atoms with Crippen LogP contribution in [0.2, 0.25) is 0 Å². The predicted molar refractivity (Wildman–Crippen MR) is 103 cm³/mol. The van der Waals surface area contributed by atoms with Crippen molar-refractivity contribution in [1.29, 1.82) is 0 Å². The standard InChI is InChI=1S/C21H24N2O4/c1-26-18-8-10-19(11-9-18)27-15-20(24)22-17-7-5-6-16(14-17)21(25)23-12-3-2-4-13-23/h5-11,14H,2-4,12-13,15H2,1H3,(H,22,24). The summed E-state index contributed by atoms with van der Waals surface area (Å²) in [7, 11) is 1.59. The maximum Gasteiger partial charge on any atom is 0.262 e. The molecule has 0 aliphatic carbocycles. The van der Waals surface area contributed by atoms with Crippen LogP contribution in [0.3, 0.4) is 0 Å². The Morgan fingerprint density at radius 1 is 1.00 bits per heavy atom. The second-order valence-corrected chi connectivity index (χ2v) is 6.45. The maximum absolute atomic E-state index is 12.6. The molecule has 0 unspecified atom stereocenters. The number of likely N-dealkylation sites (tertiary alicyclic amines) is 1. The van der Waals surface area contributed by atoms with Crippen LogP contribution in [-0.2, 0) is 4.79 Å². The molecule has 1 N–H and O–H groups in total. The quantitative estimate of drug-likeness (QED) is 0.849. The molecular formula is C21H24N2O4. The lowest BCUT2D eigenvalue weighted by Crippen LogP contribution is -2.35. The monoisotopic (exact) mass is 368 g/mol. The zero-order valence-corrected chi connectivity index (χ0v) is 15.4. The fraction of sp³-hybridized carbons (Fsp3) is 0.333. The van der Waals surface area contributed by atoms with Gasteiger partial charge in [0.2, 0.25) is 0 Å². The van der Waals surface area contributed by atoms with Crippen molar-refractivity contribution in [2.45, 2.75) is 19.3 Å². The number of nitrogens with zero attached hydrogens (tertiary/aromatic N) is 1. The molecule has 1 fully saturated rings. The van der Waals surface area contributed by atoms with Gasteiger partial charge in [0.15, 0.2) is 6.61 Å². The molecule has 2 aromatic rings. The first-order valence-corrected chi connectivity index (χ1v) is 9.12. The first kappa shape index (κ1) is 18.8. The van der Waals surface area contributed by atoms with E-state index in [4.69, 9.17) is 9.47 Å². The molecule has 6 nitrogen and oxygen atoms in total. The van der Waals surface area contributed by atoms with Gasteiger partial charge in [0.25, 0.3) is 11.8 Å². The number of carbonyl (C=O) groups excluding carboxylic acids is 2. The topological polar surface area (TPSA) is 67.9 Å². The van der Waals surface area contributed by atoms with Crippen molar-refractivity contribution in [3.8, 4) is 11.5 Å². The van der Waals surface area contributed by atoms with Gasteiger partial charge in [-0.3, -0.25) is 9.59 Å². The van der Waals surface area contributed by atoms with Crippen LogP contribution in [0, 0.1) is 0 Å². The molecule has 1 aliphatic rings. The summed E-state index contributed by atoms with van der Waals surface area (Å²) in [5.74, 6) is 1.04. The number of nitrogens with one attached hydrogen (secondary N) is 1. The third-order valence-electron chi connectivity index (χ3n) is 4.47. The van der Waals surface area contributed by atoms with Gasteiger partial charge in [0, 0.05) is 24.3 Å². The van der Waals surface area contributed by atoms with Crippen molar-refractivity contribution in [3.05, 3.63) is 54.1 Å². The molecule has 0 aromatic heterocycles. The Labute approximate surface area is 159 Å². The zero-order valence-electron chi connectivity index (χ0n) is 15.4. The molecule has 1 aliphatic heterocycles. The highest BCUT2D eigenvalue weighted by molar-refractivity contribution is 5.97. The fourth-order valence-electron chi connectivity index (χ4n) is 3.03. The molecule has 0 saturated carbocycles. The Bertz CT molecular complexity index is 783. The smallest absolute Gasteiger partial charge is 0.262 e. The fourth-order valence-corrected chi connectivity index (χ4v) is 3.03. The van der Waals surface area contributed by atoms with E-state index in [1.165, 1.54) is 6.42 Å². The highest BCUT2D eigenvalue weighted by atomic mass is 16.5. The van der Waals surface area contributed by atoms with Crippen LogP contribution in [0.4, 0.5) is 5.69 Å². The molecule has 3 rings (SSSR count). The summed E-state index contributed by atoms with van der Waals surface area (Å²) in [6, 6.07) is 14.0. The van der Waals surface area contributed by atoms with Crippen molar-refractivity contribution in [3.63, 3.8) is 0 Å². The Balaban J connectivity index is 1.55. The van der Waals surface area contributed by atoms with E-state index >= 15 is 0 Å². The summed E-state index contributed by atoms with van der Waals surface area (Å²) in [6.07, 6.45) is 3.27. The summed E-state index contributed by atoms with van der Waals surface area (Å²) in [5.41, 5.74) is 1.17. The van der Waals surface area contributed by atoms with Crippen LogP contribution >= 0.6 is 0 Å². The van der Waals surface area contributed by atoms with E-state index in [-0.39, 0.29) is 18.4 Å². The van der Waals surface area contributed by atoms with E-state index < -0.39 is 0 Å². The maximum atomic E-state index is 12.6. The SMILES string of the molecule is COc1ccc(OCC(=O)Nc2cccc(C(=O)N3CCCCC3)c2)cc1. The predicted octanol–water partition coefficient (Wildman–Crippen LogP) is 3.34. The van der Waals surface area contributed by atoms with Gasteiger partial charge >= 0.3 is 0 Å². The summed E-state index contributed by atoms with van der Waals surface area (Å²) in [6.45, 7) is 1.48. The van der Waals surface area contributed by atoms with E-state index in [1.54, 1.807) is 55.6 Å². The van der Waals surface area contributed by atoms with Gasteiger partial charge in [0.05, 0.1) is 7.11 Å². The Morgan fingerprint density at radius 3 is 2.41 bits per heavy atom. The Hall–Kier alpha value is -3.02. The van der Waals surface area contributed by atoms with E-state index in [0.717, 1.165) is 31.7 Å². The van der Waals surface area contributed by atoms with Crippen molar-refractivity contribution >= 4 is 17.5 Å².